The molecule has 0 aliphatic heterocycles. The highest BCUT2D eigenvalue weighted by Crippen LogP contribution is 2.45. The molecule has 0 unspecified atom stereocenters. The maximum Gasteiger partial charge on any atom is 0.162 e. The average Bonchev–Trinajstić information content (AvgIpc) is 3.47. The van der Waals surface area contributed by atoms with E-state index in [0.717, 1.165) is 55.7 Å². The van der Waals surface area contributed by atoms with Crippen molar-refractivity contribution in [3.8, 4) is 56.5 Å². The molecule has 6 nitrogen and oxygen atoms in total. The van der Waals surface area contributed by atoms with Crippen molar-refractivity contribution < 1.29 is 5.11 Å². The van der Waals surface area contributed by atoms with Crippen LogP contribution in [-0.2, 0) is 10.8 Å². The number of hydrogen-bond donors (Lipinski definition) is 1. The first-order valence-corrected chi connectivity index (χ1v) is 16.3. The molecule has 2 aromatic heterocycles. The highest BCUT2D eigenvalue weighted by atomic mass is 16.3. The molecule has 0 amide bonds. The van der Waals surface area contributed by atoms with Crippen LogP contribution in [0, 0.1) is 0 Å². The molecule has 0 bridgehead atoms. The summed E-state index contributed by atoms with van der Waals surface area (Å²) < 4.78 is 2.21. The molecular formula is C42H39N5O. The van der Waals surface area contributed by atoms with Gasteiger partial charge in [-0.1, -0.05) is 126 Å². The molecule has 1 N–H and O–H groups in total. The fourth-order valence-corrected chi connectivity index (χ4v) is 6.31. The van der Waals surface area contributed by atoms with Gasteiger partial charge in [0.1, 0.15) is 24.2 Å². The van der Waals surface area contributed by atoms with Gasteiger partial charge < -0.3 is 5.11 Å². The first-order chi connectivity index (χ1) is 23.0. The summed E-state index contributed by atoms with van der Waals surface area (Å²) in [4.78, 5) is 18.2. The van der Waals surface area contributed by atoms with E-state index in [1.165, 1.54) is 12.7 Å². The van der Waals surface area contributed by atoms with Crippen molar-refractivity contribution in [3.63, 3.8) is 0 Å². The topological polar surface area (TPSA) is 76.7 Å². The minimum atomic E-state index is -0.292. The molecule has 7 aromatic rings. The van der Waals surface area contributed by atoms with Crippen molar-refractivity contribution >= 4 is 11.0 Å². The van der Waals surface area contributed by atoms with Crippen molar-refractivity contribution in [2.75, 3.05) is 0 Å². The van der Waals surface area contributed by atoms with Crippen molar-refractivity contribution in [1.29, 1.82) is 0 Å². The van der Waals surface area contributed by atoms with E-state index in [-0.39, 0.29) is 16.6 Å². The molecular weight excluding hydrogens is 590 g/mol. The molecule has 7 rings (SSSR count). The Morgan fingerprint density at radius 1 is 0.583 bits per heavy atom. The standard InChI is InChI=1S/C42H39N5O/c1-41(2,3)30-23-33(38(48)34(24-30)42(4,5)6)40-46-37-32(28-16-12-17-29(22-28)39-44-25-43-26-45-39)19-13-21-36(37)47(40)35-20-11-10-18-31(35)27-14-8-7-9-15-27/h7-26,48H,1-6H3. The number of imidazole rings is 1. The summed E-state index contributed by atoms with van der Waals surface area (Å²) in [5.74, 6) is 1.55. The third-order valence-corrected chi connectivity index (χ3v) is 8.86. The zero-order valence-corrected chi connectivity index (χ0v) is 28.2. The number of rotatable bonds is 5. The van der Waals surface area contributed by atoms with Gasteiger partial charge in [0.05, 0.1) is 22.3 Å². The predicted octanol–water partition coefficient (Wildman–Crippen LogP) is 10.2. The van der Waals surface area contributed by atoms with E-state index in [4.69, 9.17) is 4.98 Å². The fourth-order valence-electron chi connectivity index (χ4n) is 6.31. The van der Waals surface area contributed by atoms with Gasteiger partial charge in [-0.25, -0.2) is 19.9 Å². The summed E-state index contributed by atoms with van der Waals surface area (Å²) in [5, 5.41) is 12.1. The second kappa shape index (κ2) is 11.9. The van der Waals surface area contributed by atoms with Crippen molar-refractivity contribution in [2.45, 2.75) is 52.4 Å². The lowest BCUT2D eigenvalue weighted by atomic mass is 9.79. The molecule has 0 spiro atoms. The van der Waals surface area contributed by atoms with Gasteiger partial charge in [-0.3, -0.25) is 4.57 Å². The van der Waals surface area contributed by atoms with Crippen LogP contribution >= 0.6 is 0 Å². The number of benzene rings is 5. The summed E-state index contributed by atoms with van der Waals surface area (Å²) in [6.45, 7) is 13.1. The average molecular weight is 630 g/mol. The van der Waals surface area contributed by atoms with Crippen LogP contribution in [0.25, 0.3) is 61.8 Å². The van der Waals surface area contributed by atoms with E-state index in [9.17, 15) is 5.11 Å². The maximum atomic E-state index is 12.1. The lowest BCUT2D eigenvalue weighted by Gasteiger charge is -2.27. The van der Waals surface area contributed by atoms with E-state index in [2.05, 4.69) is 152 Å². The smallest absolute Gasteiger partial charge is 0.162 e. The molecule has 238 valence electrons. The molecule has 0 saturated heterocycles. The van der Waals surface area contributed by atoms with Crippen LogP contribution in [0.15, 0.2) is 122 Å². The number of nitrogens with zero attached hydrogens (tertiary/aromatic N) is 5. The zero-order valence-electron chi connectivity index (χ0n) is 28.2. The monoisotopic (exact) mass is 629 g/mol. The summed E-state index contributed by atoms with van der Waals surface area (Å²) in [5.41, 5.74) is 10.1. The molecule has 2 heterocycles. The third kappa shape index (κ3) is 5.64. The Hall–Kier alpha value is -5.62. The van der Waals surface area contributed by atoms with E-state index in [1.54, 1.807) is 0 Å². The lowest BCUT2D eigenvalue weighted by molar-refractivity contribution is 0.446. The van der Waals surface area contributed by atoms with Gasteiger partial charge in [-0.2, -0.15) is 0 Å². The molecule has 0 fully saturated rings. The van der Waals surface area contributed by atoms with Crippen LogP contribution in [0.2, 0.25) is 0 Å². The number of phenols is 1. The van der Waals surface area contributed by atoms with E-state index < -0.39 is 0 Å². The van der Waals surface area contributed by atoms with Gasteiger partial charge in [0.15, 0.2) is 5.82 Å². The summed E-state index contributed by atoms with van der Waals surface area (Å²) in [6.07, 6.45) is 3.02. The number of aromatic nitrogens is 5. The Morgan fingerprint density at radius 3 is 1.96 bits per heavy atom. The van der Waals surface area contributed by atoms with E-state index in [0.29, 0.717) is 17.2 Å². The molecule has 0 aliphatic carbocycles. The third-order valence-electron chi connectivity index (χ3n) is 8.86. The van der Waals surface area contributed by atoms with Gasteiger partial charge in [-0.15, -0.1) is 0 Å². The highest BCUT2D eigenvalue weighted by molar-refractivity contribution is 5.97. The maximum absolute atomic E-state index is 12.1. The number of fused-ring (bicyclic) bond motifs is 1. The van der Waals surface area contributed by atoms with E-state index in [1.807, 2.05) is 18.2 Å². The Kier molecular flexibility index (Phi) is 7.67. The number of para-hydroxylation sites is 2. The molecule has 48 heavy (non-hydrogen) atoms. The largest absolute Gasteiger partial charge is 0.507 e. The van der Waals surface area contributed by atoms with E-state index >= 15 is 0 Å². The van der Waals surface area contributed by atoms with Gasteiger partial charge in [-0.05, 0) is 51.8 Å². The second-order valence-electron chi connectivity index (χ2n) is 14.3. The Labute approximate surface area is 281 Å². The second-order valence-corrected chi connectivity index (χ2v) is 14.3. The minimum Gasteiger partial charge on any atom is -0.507 e. The zero-order chi connectivity index (χ0) is 33.6. The number of hydrogen-bond acceptors (Lipinski definition) is 5. The Morgan fingerprint density at radius 2 is 1.23 bits per heavy atom. The van der Waals surface area contributed by atoms with Gasteiger partial charge in [0, 0.05) is 22.3 Å². The molecule has 0 aliphatic rings. The Balaban J connectivity index is 1.57. The highest BCUT2D eigenvalue weighted by Gasteiger charge is 2.29. The molecule has 0 saturated carbocycles. The van der Waals surface area contributed by atoms with Crippen LogP contribution in [0.3, 0.4) is 0 Å². The SMILES string of the molecule is CC(C)(C)c1cc(-c2nc3c(-c4cccc(-c5ncncn5)c4)cccc3n2-c2ccccc2-c2ccccc2)c(O)c(C(C)(C)C)c1. The van der Waals surface area contributed by atoms with Gasteiger partial charge >= 0.3 is 0 Å². The summed E-state index contributed by atoms with van der Waals surface area (Å²) in [7, 11) is 0. The van der Waals surface area contributed by atoms with Crippen LogP contribution in [0.1, 0.15) is 52.7 Å². The van der Waals surface area contributed by atoms with Crippen molar-refractivity contribution in [1.82, 2.24) is 24.5 Å². The van der Waals surface area contributed by atoms with Crippen LogP contribution in [0.5, 0.6) is 5.75 Å². The first-order valence-electron chi connectivity index (χ1n) is 16.3. The summed E-state index contributed by atoms with van der Waals surface area (Å²) in [6, 6.07) is 37.6. The normalized spacial score (nSPS) is 12.0. The predicted molar refractivity (Wildman–Crippen MR) is 195 cm³/mol. The molecule has 5 aromatic carbocycles. The molecule has 0 radical (unpaired) electrons. The molecule has 6 heteroatoms. The quantitative estimate of drug-likeness (QED) is 0.205. The van der Waals surface area contributed by atoms with Crippen LogP contribution in [-0.4, -0.2) is 29.6 Å². The van der Waals surface area contributed by atoms with Crippen LogP contribution in [0.4, 0.5) is 0 Å². The number of aromatic hydroxyl groups is 1. The molecule has 0 atom stereocenters. The van der Waals surface area contributed by atoms with Gasteiger partial charge in [0.2, 0.25) is 0 Å². The lowest BCUT2D eigenvalue weighted by Crippen LogP contribution is -2.17. The fraction of sp³-hybridized carbons (Fsp3) is 0.190. The Bertz CT molecular complexity index is 2260. The van der Waals surface area contributed by atoms with Crippen LogP contribution < -0.4 is 0 Å². The van der Waals surface area contributed by atoms with Crippen molar-refractivity contribution in [2.24, 2.45) is 0 Å². The van der Waals surface area contributed by atoms with Gasteiger partial charge in [0.25, 0.3) is 0 Å². The summed E-state index contributed by atoms with van der Waals surface area (Å²) >= 11 is 0. The minimum absolute atomic E-state index is 0.151. The first kappa shape index (κ1) is 31.0. The number of phenolic OH excluding ortho intramolecular Hbond substituents is 1. The van der Waals surface area contributed by atoms with Crippen molar-refractivity contribution in [3.05, 3.63) is 133 Å².